The predicted molar refractivity (Wildman–Crippen MR) is 42.8 cm³/mol. The molecule has 0 atom stereocenters. The largest absolute Gasteiger partial charge is 0.394 e. The van der Waals surface area contributed by atoms with Crippen molar-refractivity contribution in [2.45, 2.75) is 0 Å². The van der Waals surface area contributed by atoms with Crippen molar-refractivity contribution in [1.29, 1.82) is 0 Å². The number of nitrogen functional groups attached to an aromatic ring is 1. The standard InChI is InChI=1S/C5H6N2.H2O4S/c6-5-3-1-2-4-7-5;1-5(2,3)4/h1-4H,(H2,6,7);(H2,1,2,3,4). The molecule has 12 heavy (non-hydrogen) atoms. The van der Waals surface area contributed by atoms with E-state index in [9.17, 15) is 0 Å². The fourth-order valence-corrected chi connectivity index (χ4v) is 0.376. The molecule has 0 amide bonds. The molecule has 0 fully saturated rings. The number of aromatic nitrogens is 1. The van der Waals surface area contributed by atoms with E-state index in [2.05, 4.69) is 4.98 Å². The zero-order valence-electron chi connectivity index (χ0n) is 5.95. The van der Waals surface area contributed by atoms with Crippen LogP contribution in [-0.4, -0.2) is 22.5 Å². The van der Waals surface area contributed by atoms with E-state index < -0.39 is 10.4 Å². The number of pyridine rings is 1. The first-order chi connectivity index (χ1) is 5.39. The molecular weight excluding hydrogens is 184 g/mol. The summed E-state index contributed by atoms with van der Waals surface area (Å²) in [4.78, 5) is 3.76. The first-order valence-corrected chi connectivity index (χ1v) is 4.15. The average Bonchev–Trinajstić information content (AvgIpc) is 1.85. The van der Waals surface area contributed by atoms with E-state index in [1.54, 1.807) is 12.3 Å². The van der Waals surface area contributed by atoms with E-state index in [-0.39, 0.29) is 0 Å². The molecule has 0 aromatic carbocycles. The van der Waals surface area contributed by atoms with Gasteiger partial charge in [0.1, 0.15) is 5.82 Å². The lowest BCUT2D eigenvalue weighted by Gasteiger charge is -1.82. The van der Waals surface area contributed by atoms with Gasteiger partial charge in [0, 0.05) is 6.20 Å². The molecule has 0 aliphatic rings. The second-order valence-electron chi connectivity index (χ2n) is 1.70. The van der Waals surface area contributed by atoms with Gasteiger partial charge in [-0.2, -0.15) is 8.42 Å². The third-order valence-corrected chi connectivity index (χ3v) is 0.688. The van der Waals surface area contributed by atoms with Gasteiger partial charge in [-0.05, 0) is 12.1 Å². The third-order valence-electron chi connectivity index (χ3n) is 0.688. The molecule has 1 rings (SSSR count). The molecule has 1 aromatic heterocycles. The van der Waals surface area contributed by atoms with Crippen LogP contribution in [-0.2, 0) is 10.4 Å². The van der Waals surface area contributed by atoms with Crippen LogP contribution in [0.2, 0.25) is 0 Å². The molecule has 0 aliphatic carbocycles. The Balaban J connectivity index is 0.000000217. The smallest absolute Gasteiger partial charge is 0.384 e. The van der Waals surface area contributed by atoms with Gasteiger partial charge in [0.25, 0.3) is 0 Å². The Morgan fingerprint density at radius 3 is 2.00 bits per heavy atom. The van der Waals surface area contributed by atoms with E-state index in [1.807, 2.05) is 12.1 Å². The van der Waals surface area contributed by atoms with Crippen LogP contribution in [0.15, 0.2) is 24.4 Å². The van der Waals surface area contributed by atoms with E-state index in [0.717, 1.165) is 0 Å². The number of hydrogen-bond acceptors (Lipinski definition) is 4. The fourth-order valence-electron chi connectivity index (χ4n) is 0.376. The first-order valence-electron chi connectivity index (χ1n) is 2.76. The lowest BCUT2D eigenvalue weighted by atomic mass is 10.5. The highest BCUT2D eigenvalue weighted by molar-refractivity contribution is 7.79. The van der Waals surface area contributed by atoms with Gasteiger partial charge in [-0.1, -0.05) is 6.07 Å². The van der Waals surface area contributed by atoms with Crippen LogP contribution in [0.5, 0.6) is 0 Å². The maximum Gasteiger partial charge on any atom is 0.394 e. The molecule has 6 nitrogen and oxygen atoms in total. The topological polar surface area (TPSA) is 114 Å². The average molecular weight is 192 g/mol. The summed E-state index contributed by atoms with van der Waals surface area (Å²) in [5.74, 6) is 0.572. The van der Waals surface area contributed by atoms with Crippen LogP contribution < -0.4 is 5.73 Å². The molecular formula is C5H8N2O4S. The Morgan fingerprint density at radius 2 is 1.83 bits per heavy atom. The summed E-state index contributed by atoms with van der Waals surface area (Å²) in [6, 6.07) is 5.43. The summed E-state index contributed by atoms with van der Waals surface area (Å²) in [7, 11) is -4.67. The van der Waals surface area contributed by atoms with Gasteiger partial charge in [0.05, 0.1) is 0 Å². The molecule has 1 aromatic rings. The Bertz CT molecular complexity index is 301. The highest BCUT2D eigenvalue weighted by Gasteiger charge is 1.84. The predicted octanol–water partition coefficient (Wildman–Crippen LogP) is 0.0110. The fraction of sp³-hybridized carbons (Fsp3) is 0. The quantitative estimate of drug-likeness (QED) is 0.499. The van der Waals surface area contributed by atoms with Gasteiger partial charge in [0.2, 0.25) is 0 Å². The van der Waals surface area contributed by atoms with E-state index in [1.165, 1.54) is 0 Å². The van der Waals surface area contributed by atoms with Crippen molar-refractivity contribution >= 4 is 16.2 Å². The van der Waals surface area contributed by atoms with Crippen molar-refractivity contribution in [1.82, 2.24) is 4.98 Å². The van der Waals surface area contributed by atoms with Crippen molar-refractivity contribution < 1.29 is 17.5 Å². The zero-order valence-corrected chi connectivity index (χ0v) is 6.77. The van der Waals surface area contributed by atoms with Gasteiger partial charge in [-0.15, -0.1) is 0 Å². The summed E-state index contributed by atoms with van der Waals surface area (Å²) in [5, 5.41) is 0. The minimum absolute atomic E-state index is 0.572. The van der Waals surface area contributed by atoms with Gasteiger partial charge in [0.15, 0.2) is 0 Å². The van der Waals surface area contributed by atoms with Gasteiger partial charge in [-0.25, -0.2) is 4.98 Å². The number of nitrogens with two attached hydrogens (primary N) is 1. The first kappa shape index (κ1) is 10.8. The highest BCUT2D eigenvalue weighted by atomic mass is 32.3. The van der Waals surface area contributed by atoms with E-state index >= 15 is 0 Å². The van der Waals surface area contributed by atoms with Crippen LogP contribution in [0.3, 0.4) is 0 Å². The molecule has 4 N–H and O–H groups in total. The summed E-state index contributed by atoms with van der Waals surface area (Å²) in [6.45, 7) is 0. The number of hydrogen-bond donors (Lipinski definition) is 3. The van der Waals surface area contributed by atoms with E-state index in [4.69, 9.17) is 23.3 Å². The van der Waals surface area contributed by atoms with Gasteiger partial charge < -0.3 is 5.73 Å². The Labute approximate surface area is 69.6 Å². The lowest BCUT2D eigenvalue weighted by molar-refractivity contribution is 0.381. The van der Waals surface area contributed by atoms with Crippen molar-refractivity contribution in [2.75, 3.05) is 5.73 Å². The van der Waals surface area contributed by atoms with Crippen molar-refractivity contribution in [3.8, 4) is 0 Å². The number of nitrogens with zero attached hydrogens (tertiary/aromatic N) is 1. The van der Waals surface area contributed by atoms with Crippen LogP contribution in [0.4, 0.5) is 5.82 Å². The summed E-state index contributed by atoms with van der Waals surface area (Å²) >= 11 is 0. The molecule has 0 spiro atoms. The SMILES string of the molecule is Nc1ccccn1.O=S(=O)(O)O. The summed E-state index contributed by atoms with van der Waals surface area (Å²) in [6.07, 6.45) is 1.66. The van der Waals surface area contributed by atoms with Crippen molar-refractivity contribution in [3.05, 3.63) is 24.4 Å². The Hall–Kier alpha value is -1.18. The Morgan fingerprint density at radius 1 is 1.33 bits per heavy atom. The van der Waals surface area contributed by atoms with Crippen molar-refractivity contribution in [2.24, 2.45) is 0 Å². The second-order valence-corrected chi connectivity index (χ2v) is 2.60. The molecule has 0 saturated carbocycles. The Kier molecular flexibility index (Phi) is 4.19. The van der Waals surface area contributed by atoms with Crippen molar-refractivity contribution in [3.63, 3.8) is 0 Å². The van der Waals surface area contributed by atoms with Crippen LogP contribution >= 0.6 is 0 Å². The molecule has 0 radical (unpaired) electrons. The number of anilines is 1. The monoisotopic (exact) mass is 192 g/mol. The molecule has 1 heterocycles. The van der Waals surface area contributed by atoms with E-state index in [0.29, 0.717) is 5.82 Å². The maximum atomic E-state index is 8.74. The molecule has 7 heteroatoms. The molecule has 0 saturated heterocycles. The second kappa shape index (κ2) is 4.65. The third kappa shape index (κ3) is 11.6. The van der Waals surface area contributed by atoms with Crippen LogP contribution in [0, 0.1) is 0 Å². The molecule has 68 valence electrons. The van der Waals surface area contributed by atoms with Crippen LogP contribution in [0.25, 0.3) is 0 Å². The number of rotatable bonds is 0. The molecule has 0 aliphatic heterocycles. The summed E-state index contributed by atoms with van der Waals surface area (Å²) in [5.41, 5.74) is 5.25. The van der Waals surface area contributed by atoms with Crippen LogP contribution in [0.1, 0.15) is 0 Å². The van der Waals surface area contributed by atoms with Gasteiger partial charge in [-0.3, -0.25) is 9.11 Å². The lowest BCUT2D eigenvalue weighted by Crippen LogP contribution is -1.89. The van der Waals surface area contributed by atoms with Gasteiger partial charge >= 0.3 is 10.4 Å². The zero-order chi connectivity index (χ0) is 9.61. The maximum absolute atomic E-state index is 8.74. The molecule has 0 unspecified atom stereocenters. The minimum atomic E-state index is -4.67. The minimum Gasteiger partial charge on any atom is -0.384 e. The highest BCUT2D eigenvalue weighted by Crippen LogP contribution is 1.89. The molecule has 0 bridgehead atoms. The normalized spacial score (nSPS) is 9.83. The summed E-state index contributed by atoms with van der Waals surface area (Å²) < 4.78 is 31.6.